The zero-order chi connectivity index (χ0) is 12.3. The van der Waals surface area contributed by atoms with Crippen LogP contribution in [-0.2, 0) is 0 Å². The molecule has 3 heteroatoms. The number of nitrogens with one attached hydrogen (secondary N) is 1. The molecule has 1 N–H and O–H groups in total. The van der Waals surface area contributed by atoms with E-state index >= 15 is 0 Å². The van der Waals surface area contributed by atoms with E-state index in [2.05, 4.69) is 35.9 Å². The van der Waals surface area contributed by atoms with Crippen molar-refractivity contribution in [3.8, 4) is 0 Å². The maximum absolute atomic E-state index is 3.63. The van der Waals surface area contributed by atoms with Crippen molar-refractivity contribution in [1.29, 1.82) is 0 Å². The van der Waals surface area contributed by atoms with Crippen LogP contribution in [0.15, 0.2) is 0 Å². The van der Waals surface area contributed by atoms with Crippen molar-refractivity contribution in [3.05, 3.63) is 0 Å². The first-order valence-corrected chi connectivity index (χ1v) is 7.41. The molecule has 2 heterocycles. The lowest BCUT2D eigenvalue weighted by Crippen LogP contribution is -2.58. The third-order valence-electron chi connectivity index (χ3n) is 4.20. The van der Waals surface area contributed by atoms with Crippen LogP contribution in [0.2, 0.25) is 0 Å². The topological polar surface area (TPSA) is 18.5 Å². The van der Waals surface area contributed by atoms with Crippen LogP contribution in [0.4, 0.5) is 0 Å². The molecule has 0 spiro atoms. The second-order valence-electron chi connectivity index (χ2n) is 6.00. The van der Waals surface area contributed by atoms with E-state index in [0.29, 0.717) is 12.1 Å². The van der Waals surface area contributed by atoms with E-state index in [-0.39, 0.29) is 0 Å². The number of piperidine rings is 1. The molecule has 2 aliphatic heterocycles. The third kappa shape index (κ3) is 3.67. The van der Waals surface area contributed by atoms with Gasteiger partial charge in [-0.3, -0.25) is 4.90 Å². The number of piperazine rings is 1. The summed E-state index contributed by atoms with van der Waals surface area (Å²) in [6.45, 7) is 13.3. The molecule has 0 aromatic rings. The molecule has 2 aliphatic rings. The fraction of sp³-hybridized carbons (Fsp3) is 1.00. The Morgan fingerprint density at radius 1 is 1.06 bits per heavy atom. The molecule has 100 valence electrons. The van der Waals surface area contributed by atoms with Crippen LogP contribution in [0.3, 0.4) is 0 Å². The fourth-order valence-electron chi connectivity index (χ4n) is 3.49. The summed E-state index contributed by atoms with van der Waals surface area (Å²) in [5.41, 5.74) is 0. The molecule has 0 aromatic carbocycles. The van der Waals surface area contributed by atoms with Gasteiger partial charge in [-0.15, -0.1) is 0 Å². The second kappa shape index (κ2) is 6.17. The van der Waals surface area contributed by atoms with E-state index in [1.165, 1.54) is 52.0 Å². The predicted octanol–water partition coefficient (Wildman–Crippen LogP) is 1.54. The van der Waals surface area contributed by atoms with Crippen molar-refractivity contribution in [2.45, 2.75) is 58.2 Å². The molecule has 3 nitrogen and oxygen atoms in total. The highest BCUT2D eigenvalue weighted by atomic mass is 15.3. The van der Waals surface area contributed by atoms with Gasteiger partial charge in [0.1, 0.15) is 0 Å². The summed E-state index contributed by atoms with van der Waals surface area (Å²) in [6, 6.07) is 2.16. The average molecular weight is 239 g/mol. The van der Waals surface area contributed by atoms with Crippen LogP contribution in [0.1, 0.15) is 40.0 Å². The van der Waals surface area contributed by atoms with Crippen molar-refractivity contribution in [3.63, 3.8) is 0 Å². The molecule has 0 bridgehead atoms. The minimum absolute atomic E-state index is 0.660. The fourth-order valence-corrected chi connectivity index (χ4v) is 3.49. The lowest BCUT2D eigenvalue weighted by atomic mass is 10.00. The second-order valence-corrected chi connectivity index (χ2v) is 6.00. The van der Waals surface area contributed by atoms with Crippen molar-refractivity contribution in [2.75, 3.05) is 32.7 Å². The number of hydrogen-bond donors (Lipinski definition) is 1. The highest BCUT2D eigenvalue weighted by Gasteiger charge is 2.29. The Bertz CT molecular complexity index is 214. The maximum atomic E-state index is 3.63. The molecule has 2 fully saturated rings. The number of likely N-dealkylation sites (tertiary alicyclic amines) is 1. The molecule has 0 aliphatic carbocycles. The normalized spacial score (nSPS) is 34.1. The van der Waals surface area contributed by atoms with Crippen LogP contribution in [-0.4, -0.2) is 60.6 Å². The smallest absolute Gasteiger partial charge is 0.0169 e. The van der Waals surface area contributed by atoms with Crippen LogP contribution < -0.4 is 5.32 Å². The molecule has 0 saturated carbocycles. The van der Waals surface area contributed by atoms with Gasteiger partial charge in [-0.2, -0.15) is 0 Å². The van der Waals surface area contributed by atoms with Crippen LogP contribution in [0.25, 0.3) is 0 Å². The number of rotatable bonds is 3. The van der Waals surface area contributed by atoms with Crippen LogP contribution in [0.5, 0.6) is 0 Å². The summed E-state index contributed by atoms with van der Waals surface area (Å²) < 4.78 is 0. The number of nitrogens with zero attached hydrogens (tertiary/aromatic N) is 2. The molecular weight excluding hydrogens is 210 g/mol. The molecule has 0 radical (unpaired) electrons. The van der Waals surface area contributed by atoms with E-state index < -0.39 is 0 Å². The van der Waals surface area contributed by atoms with Gasteiger partial charge in [-0.05, 0) is 52.7 Å². The van der Waals surface area contributed by atoms with Gasteiger partial charge >= 0.3 is 0 Å². The summed E-state index contributed by atoms with van der Waals surface area (Å²) in [5.74, 6) is 0. The van der Waals surface area contributed by atoms with E-state index in [1.54, 1.807) is 0 Å². The van der Waals surface area contributed by atoms with Gasteiger partial charge in [0.2, 0.25) is 0 Å². The molecular formula is C14H29N3. The molecule has 2 unspecified atom stereocenters. The van der Waals surface area contributed by atoms with Crippen molar-refractivity contribution in [1.82, 2.24) is 15.1 Å². The Balaban J connectivity index is 1.79. The van der Waals surface area contributed by atoms with Crippen molar-refractivity contribution < 1.29 is 0 Å². The highest BCUT2D eigenvalue weighted by molar-refractivity contribution is 4.87. The molecule has 2 rings (SSSR count). The largest absolute Gasteiger partial charge is 0.309 e. The Labute approximate surface area is 107 Å². The first-order chi connectivity index (χ1) is 8.19. The quantitative estimate of drug-likeness (QED) is 0.806. The van der Waals surface area contributed by atoms with Crippen LogP contribution in [0, 0.1) is 0 Å². The lowest BCUT2D eigenvalue weighted by Gasteiger charge is -2.44. The molecule has 17 heavy (non-hydrogen) atoms. The number of hydrogen-bond acceptors (Lipinski definition) is 3. The predicted molar refractivity (Wildman–Crippen MR) is 73.4 cm³/mol. The van der Waals surface area contributed by atoms with E-state index in [1.807, 2.05) is 0 Å². The molecule has 2 atom stereocenters. The van der Waals surface area contributed by atoms with E-state index in [9.17, 15) is 0 Å². The third-order valence-corrected chi connectivity index (χ3v) is 4.20. The van der Waals surface area contributed by atoms with Gasteiger partial charge in [0.25, 0.3) is 0 Å². The first-order valence-electron chi connectivity index (χ1n) is 7.41. The Morgan fingerprint density at radius 2 is 1.65 bits per heavy atom. The van der Waals surface area contributed by atoms with Gasteiger partial charge in [-0.25, -0.2) is 0 Å². The SMILES string of the molecule is CCCN1CCC(N2CC(C)NC(C)C2)CC1. The highest BCUT2D eigenvalue weighted by Crippen LogP contribution is 2.19. The first kappa shape index (κ1) is 13.3. The summed E-state index contributed by atoms with van der Waals surface area (Å²) in [5, 5.41) is 3.63. The minimum Gasteiger partial charge on any atom is -0.309 e. The Kier molecular flexibility index (Phi) is 4.83. The Hall–Kier alpha value is -0.120. The van der Waals surface area contributed by atoms with Crippen molar-refractivity contribution >= 4 is 0 Å². The lowest BCUT2D eigenvalue weighted by molar-refractivity contribution is 0.0720. The average Bonchev–Trinajstić information content (AvgIpc) is 2.29. The minimum atomic E-state index is 0.660. The summed E-state index contributed by atoms with van der Waals surface area (Å²) >= 11 is 0. The van der Waals surface area contributed by atoms with Gasteiger partial charge < -0.3 is 10.2 Å². The van der Waals surface area contributed by atoms with E-state index in [0.717, 1.165) is 6.04 Å². The zero-order valence-corrected chi connectivity index (χ0v) is 11.8. The molecule has 2 saturated heterocycles. The van der Waals surface area contributed by atoms with Crippen molar-refractivity contribution in [2.24, 2.45) is 0 Å². The standard InChI is InChI=1S/C14H29N3/c1-4-7-16-8-5-14(6-9-16)17-10-12(2)15-13(3)11-17/h12-15H,4-11H2,1-3H3. The van der Waals surface area contributed by atoms with Gasteiger partial charge in [-0.1, -0.05) is 6.92 Å². The van der Waals surface area contributed by atoms with Gasteiger partial charge in [0, 0.05) is 31.2 Å². The summed E-state index contributed by atoms with van der Waals surface area (Å²) in [7, 11) is 0. The maximum Gasteiger partial charge on any atom is 0.0169 e. The van der Waals surface area contributed by atoms with Crippen LogP contribution >= 0.6 is 0 Å². The summed E-state index contributed by atoms with van der Waals surface area (Å²) in [4.78, 5) is 5.36. The van der Waals surface area contributed by atoms with Gasteiger partial charge in [0.05, 0.1) is 0 Å². The monoisotopic (exact) mass is 239 g/mol. The molecule has 0 aromatic heterocycles. The Morgan fingerprint density at radius 3 is 2.18 bits per heavy atom. The summed E-state index contributed by atoms with van der Waals surface area (Å²) in [6.07, 6.45) is 4.05. The van der Waals surface area contributed by atoms with Gasteiger partial charge in [0.15, 0.2) is 0 Å². The molecule has 0 amide bonds. The van der Waals surface area contributed by atoms with E-state index in [4.69, 9.17) is 0 Å². The zero-order valence-electron chi connectivity index (χ0n) is 11.8.